The van der Waals surface area contributed by atoms with Gasteiger partial charge in [-0.3, -0.25) is 4.90 Å². The summed E-state index contributed by atoms with van der Waals surface area (Å²) < 4.78 is 0. The van der Waals surface area contributed by atoms with Gasteiger partial charge in [-0.2, -0.15) is 0 Å². The molecule has 0 saturated carbocycles. The van der Waals surface area contributed by atoms with Gasteiger partial charge in [0.15, 0.2) is 0 Å². The van der Waals surface area contributed by atoms with Crippen molar-refractivity contribution in [3.8, 4) is 0 Å². The number of carbonyl (C=O) groups excluding carboxylic acids is 1. The second-order valence-corrected chi connectivity index (χ2v) is 9.56. The number of fused-ring (bicyclic) bond motifs is 1. The number of anilines is 2. The molecule has 1 fully saturated rings. The fraction of sp³-hybridized carbons (Fsp3) is 0.345. The maximum absolute atomic E-state index is 12.5. The second-order valence-electron chi connectivity index (χ2n) is 9.56. The molecule has 3 aromatic carbocycles. The number of aliphatic hydroxyl groups excluding tert-OH is 1. The van der Waals surface area contributed by atoms with E-state index in [2.05, 4.69) is 81.1 Å². The average Bonchev–Trinajstić information content (AvgIpc) is 2.89. The minimum absolute atomic E-state index is 0.225. The van der Waals surface area contributed by atoms with Crippen molar-refractivity contribution < 1.29 is 9.90 Å². The van der Waals surface area contributed by atoms with Crippen LogP contribution in [0.2, 0.25) is 0 Å². The summed E-state index contributed by atoms with van der Waals surface area (Å²) in [5.74, 6) is 0. The number of aryl methyl sites for hydroxylation is 1. The zero-order valence-electron chi connectivity index (χ0n) is 20.1. The Morgan fingerprint density at radius 1 is 0.886 bits per heavy atom. The van der Waals surface area contributed by atoms with Gasteiger partial charge in [0.05, 0.1) is 6.10 Å². The molecule has 6 nitrogen and oxygen atoms in total. The lowest BCUT2D eigenvalue weighted by Crippen LogP contribution is -2.45. The Labute approximate surface area is 207 Å². The van der Waals surface area contributed by atoms with Crippen molar-refractivity contribution >= 4 is 17.4 Å². The predicted molar refractivity (Wildman–Crippen MR) is 141 cm³/mol. The molecule has 2 aliphatic rings. The Hall–Kier alpha value is -3.35. The van der Waals surface area contributed by atoms with E-state index in [1.54, 1.807) is 0 Å². The number of amides is 2. The van der Waals surface area contributed by atoms with Crippen molar-refractivity contribution in [1.82, 2.24) is 10.2 Å². The standard InChI is InChI=1S/C29H34N4O2/c34-26-14-11-24-7-4-8-28(27(24)19-26)31-29(35)30-20-22-9-12-25(13-10-22)33-17-15-32(16-18-33)21-23-5-2-1-3-6-23/h1-10,12-13,26,34H,11,14-21H2,(H2,30,31,35). The lowest BCUT2D eigenvalue weighted by Gasteiger charge is -2.36. The summed E-state index contributed by atoms with van der Waals surface area (Å²) in [6.45, 7) is 5.62. The molecule has 35 heavy (non-hydrogen) atoms. The van der Waals surface area contributed by atoms with Gasteiger partial charge in [0, 0.05) is 57.1 Å². The lowest BCUT2D eigenvalue weighted by molar-refractivity contribution is 0.159. The third-order valence-corrected chi connectivity index (χ3v) is 7.08. The molecule has 1 aliphatic carbocycles. The van der Waals surface area contributed by atoms with E-state index in [0.717, 1.165) is 62.4 Å². The lowest BCUT2D eigenvalue weighted by atomic mass is 9.88. The van der Waals surface area contributed by atoms with Crippen molar-refractivity contribution in [3.05, 3.63) is 95.1 Å². The van der Waals surface area contributed by atoms with Crippen LogP contribution in [-0.2, 0) is 25.9 Å². The summed E-state index contributed by atoms with van der Waals surface area (Å²) in [7, 11) is 0. The molecule has 0 radical (unpaired) electrons. The molecular formula is C29H34N4O2. The smallest absolute Gasteiger partial charge is 0.319 e. The number of benzene rings is 3. The highest BCUT2D eigenvalue weighted by atomic mass is 16.3. The van der Waals surface area contributed by atoms with E-state index in [4.69, 9.17) is 0 Å². The summed E-state index contributed by atoms with van der Waals surface area (Å²) in [6, 6.07) is 24.9. The number of hydrogen-bond donors (Lipinski definition) is 3. The van der Waals surface area contributed by atoms with Gasteiger partial charge in [-0.25, -0.2) is 4.79 Å². The molecule has 3 N–H and O–H groups in total. The largest absolute Gasteiger partial charge is 0.393 e. The third-order valence-electron chi connectivity index (χ3n) is 7.08. The van der Waals surface area contributed by atoms with Crippen LogP contribution in [0.1, 0.15) is 28.7 Å². The van der Waals surface area contributed by atoms with Crippen LogP contribution >= 0.6 is 0 Å². The predicted octanol–water partition coefficient (Wildman–Crippen LogP) is 4.18. The van der Waals surface area contributed by atoms with Gasteiger partial charge >= 0.3 is 6.03 Å². The van der Waals surface area contributed by atoms with E-state index in [1.807, 2.05) is 12.1 Å². The summed E-state index contributed by atoms with van der Waals surface area (Å²) >= 11 is 0. The number of aliphatic hydroxyl groups is 1. The molecule has 0 spiro atoms. The van der Waals surface area contributed by atoms with E-state index >= 15 is 0 Å². The van der Waals surface area contributed by atoms with Gasteiger partial charge in [0.1, 0.15) is 0 Å². The number of hydrogen-bond acceptors (Lipinski definition) is 4. The van der Waals surface area contributed by atoms with Crippen LogP contribution in [0.3, 0.4) is 0 Å². The van der Waals surface area contributed by atoms with E-state index in [0.29, 0.717) is 13.0 Å². The van der Waals surface area contributed by atoms with E-state index in [1.165, 1.54) is 16.8 Å². The maximum atomic E-state index is 12.5. The Kier molecular flexibility index (Phi) is 7.31. The van der Waals surface area contributed by atoms with Crippen molar-refractivity contribution in [3.63, 3.8) is 0 Å². The van der Waals surface area contributed by atoms with Gasteiger partial charge in [-0.1, -0.05) is 54.6 Å². The summed E-state index contributed by atoms with van der Waals surface area (Å²) in [5, 5.41) is 16.0. The van der Waals surface area contributed by atoms with Crippen LogP contribution in [0.4, 0.5) is 16.2 Å². The van der Waals surface area contributed by atoms with Gasteiger partial charge < -0.3 is 20.6 Å². The van der Waals surface area contributed by atoms with Crippen molar-refractivity contribution in [2.75, 3.05) is 36.4 Å². The monoisotopic (exact) mass is 470 g/mol. The quantitative estimate of drug-likeness (QED) is 0.506. The molecule has 1 unspecified atom stereocenters. The highest BCUT2D eigenvalue weighted by Crippen LogP contribution is 2.28. The molecule has 5 rings (SSSR count). The van der Waals surface area contributed by atoms with Gasteiger partial charge in [-0.05, 0) is 53.3 Å². The molecule has 0 aromatic heterocycles. The minimum atomic E-state index is -0.334. The second kappa shape index (κ2) is 10.9. The fourth-order valence-electron chi connectivity index (χ4n) is 5.07. The Bertz CT molecular complexity index is 1130. The van der Waals surface area contributed by atoms with Gasteiger partial charge in [0.25, 0.3) is 0 Å². The highest BCUT2D eigenvalue weighted by molar-refractivity contribution is 5.90. The van der Waals surface area contributed by atoms with Crippen LogP contribution in [0.5, 0.6) is 0 Å². The zero-order chi connectivity index (χ0) is 24.0. The van der Waals surface area contributed by atoms with Crippen LogP contribution in [0.25, 0.3) is 0 Å². The Morgan fingerprint density at radius 2 is 1.66 bits per heavy atom. The highest BCUT2D eigenvalue weighted by Gasteiger charge is 2.20. The zero-order valence-corrected chi connectivity index (χ0v) is 20.1. The number of nitrogens with zero attached hydrogens (tertiary/aromatic N) is 2. The summed E-state index contributed by atoms with van der Waals surface area (Å²) in [4.78, 5) is 17.5. The number of carbonyl (C=O) groups is 1. The first-order valence-electron chi connectivity index (χ1n) is 12.6. The number of piperazine rings is 1. The Morgan fingerprint density at radius 3 is 2.43 bits per heavy atom. The van der Waals surface area contributed by atoms with Crippen LogP contribution < -0.4 is 15.5 Å². The first-order chi connectivity index (χ1) is 17.1. The number of rotatable bonds is 6. The molecule has 182 valence electrons. The SMILES string of the molecule is O=C(NCc1ccc(N2CCN(Cc3ccccc3)CC2)cc1)Nc1cccc2c1CC(O)CC2. The molecular weight excluding hydrogens is 436 g/mol. The van der Waals surface area contributed by atoms with Crippen LogP contribution in [0, 0.1) is 0 Å². The van der Waals surface area contributed by atoms with Crippen molar-refractivity contribution in [2.24, 2.45) is 0 Å². The third kappa shape index (κ3) is 6.02. The minimum Gasteiger partial charge on any atom is -0.393 e. The van der Waals surface area contributed by atoms with Crippen LogP contribution in [-0.4, -0.2) is 48.3 Å². The molecule has 1 saturated heterocycles. The van der Waals surface area contributed by atoms with E-state index in [-0.39, 0.29) is 12.1 Å². The Balaban J connectivity index is 1.09. The first-order valence-corrected chi connectivity index (χ1v) is 12.6. The molecule has 1 aliphatic heterocycles. The van der Waals surface area contributed by atoms with Crippen molar-refractivity contribution in [2.45, 2.75) is 38.5 Å². The van der Waals surface area contributed by atoms with E-state index in [9.17, 15) is 9.90 Å². The van der Waals surface area contributed by atoms with E-state index < -0.39 is 0 Å². The maximum Gasteiger partial charge on any atom is 0.319 e. The van der Waals surface area contributed by atoms with Crippen LogP contribution in [0.15, 0.2) is 72.8 Å². The van der Waals surface area contributed by atoms with Gasteiger partial charge in [0.2, 0.25) is 0 Å². The van der Waals surface area contributed by atoms with Gasteiger partial charge in [-0.15, -0.1) is 0 Å². The normalized spacial score (nSPS) is 18.1. The topological polar surface area (TPSA) is 67.8 Å². The molecule has 2 amide bonds. The molecule has 1 heterocycles. The number of urea groups is 1. The first kappa shape index (κ1) is 23.4. The van der Waals surface area contributed by atoms with Crippen molar-refractivity contribution in [1.29, 1.82) is 0 Å². The number of nitrogens with one attached hydrogen (secondary N) is 2. The molecule has 6 heteroatoms. The fourth-order valence-corrected chi connectivity index (χ4v) is 5.07. The molecule has 1 atom stereocenters. The molecule has 3 aromatic rings. The average molecular weight is 471 g/mol. The molecule has 0 bridgehead atoms. The summed E-state index contributed by atoms with van der Waals surface area (Å²) in [6.07, 6.45) is 1.89. The summed E-state index contributed by atoms with van der Waals surface area (Å²) in [5.41, 5.74) is 6.72.